The fraction of sp³-hybridized carbons (Fsp3) is 0.200. The lowest BCUT2D eigenvalue weighted by molar-refractivity contribution is 0.553. The van der Waals surface area contributed by atoms with Gasteiger partial charge in [0.05, 0.1) is 0 Å². The number of halogens is 1. The predicted octanol–water partition coefficient (Wildman–Crippen LogP) is 3.18. The first-order valence-corrected chi connectivity index (χ1v) is 6.54. The summed E-state index contributed by atoms with van der Waals surface area (Å²) in [5.41, 5.74) is 0.968. The third-order valence-corrected chi connectivity index (χ3v) is 4.67. The zero-order chi connectivity index (χ0) is 11.2. The summed E-state index contributed by atoms with van der Waals surface area (Å²) in [6, 6.07) is 5.25. The largest absolute Gasteiger partial charge is 0.333 e. The van der Waals surface area contributed by atoms with Gasteiger partial charge in [-0.1, -0.05) is 18.2 Å². The Balaban J connectivity index is 2.99. The van der Waals surface area contributed by atoms with E-state index in [-0.39, 0.29) is 4.90 Å². The molecule has 1 aromatic carbocycles. The SMILES string of the molecule is Cc1sc2c(C)cccc2c1S(=O)(=O)F. The Morgan fingerprint density at radius 3 is 2.53 bits per heavy atom. The van der Waals surface area contributed by atoms with Gasteiger partial charge < -0.3 is 0 Å². The molecule has 1 aromatic heterocycles. The second kappa shape index (κ2) is 3.28. The van der Waals surface area contributed by atoms with E-state index in [1.165, 1.54) is 11.3 Å². The maximum absolute atomic E-state index is 13.1. The van der Waals surface area contributed by atoms with Gasteiger partial charge in [-0.15, -0.1) is 15.2 Å². The van der Waals surface area contributed by atoms with Crippen LogP contribution in [-0.2, 0) is 10.2 Å². The summed E-state index contributed by atoms with van der Waals surface area (Å²) in [5.74, 6) is 0. The van der Waals surface area contributed by atoms with Crippen molar-refractivity contribution < 1.29 is 12.3 Å². The van der Waals surface area contributed by atoms with Gasteiger partial charge in [-0.05, 0) is 19.4 Å². The van der Waals surface area contributed by atoms with Gasteiger partial charge in [-0.2, -0.15) is 8.42 Å². The van der Waals surface area contributed by atoms with Gasteiger partial charge >= 0.3 is 10.2 Å². The second-order valence-corrected chi connectivity index (χ2v) is 5.89. The summed E-state index contributed by atoms with van der Waals surface area (Å²) >= 11 is 1.31. The summed E-state index contributed by atoms with van der Waals surface area (Å²) in [5, 5.41) is 0.486. The van der Waals surface area contributed by atoms with Crippen LogP contribution >= 0.6 is 11.3 Å². The van der Waals surface area contributed by atoms with E-state index in [9.17, 15) is 12.3 Å². The molecule has 0 saturated heterocycles. The Hall–Kier alpha value is -0.940. The standard InChI is InChI=1S/C10H9FO2S2/c1-6-4-3-5-8-9(6)14-7(2)10(8)15(11,12)13/h3-5H,1-2H3. The van der Waals surface area contributed by atoms with Crippen LogP contribution in [0.2, 0.25) is 0 Å². The molecule has 0 N–H and O–H groups in total. The van der Waals surface area contributed by atoms with Crippen molar-refractivity contribution in [2.45, 2.75) is 18.7 Å². The average molecular weight is 244 g/mol. The van der Waals surface area contributed by atoms with E-state index in [4.69, 9.17) is 0 Å². The topological polar surface area (TPSA) is 34.1 Å². The van der Waals surface area contributed by atoms with Gasteiger partial charge in [0.25, 0.3) is 0 Å². The molecule has 2 rings (SSSR count). The van der Waals surface area contributed by atoms with E-state index in [2.05, 4.69) is 0 Å². The highest BCUT2D eigenvalue weighted by molar-refractivity contribution is 7.86. The van der Waals surface area contributed by atoms with E-state index in [0.29, 0.717) is 10.3 Å². The average Bonchev–Trinajstić information content (AvgIpc) is 2.41. The van der Waals surface area contributed by atoms with Gasteiger partial charge in [0.2, 0.25) is 0 Å². The quantitative estimate of drug-likeness (QED) is 0.722. The van der Waals surface area contributed by atoms with Crippen LogP contribution in [0.5, 0.6) is 0 Å². The van der Waals surface area contributed by atoms with Crippen molar-refractivity contribution in [3.8, 4) is 0 Å². The molecular weight excluding hydrogens is 235 g/mol. The van der Waals surface area contributed by atoms with Crippen LogP contribution in [0.1, 0.15) is 10.4 Å². The van der Waals surface area contributed by atoms with Gasteiger partial charge in [-0.3, -0.25) is 0 Å². The molecular formula is C10H9FO2S2. The Kier molecular flexibility index (Phi) is 2.31. The monoisotopic (exact) mass is 244 g/mol. The number of aryl methyl sites for hydroxylation is 2. The van der Waals surface area contributed by atoms with Gasteiger partial charge in [-0.25, -0.2) is 0 Å². The van der Waals surface area contributed by atoms with Crippen LogP contribution < -0.4 is 0 Å². The molecule has 0 spiro atoms. The second-order valence-electron chi connectivity index (χ2n) is 3.38. The minimum Gasteiger partial charge on any atom is -0.189 e. The molecule has 0 fully saturated rings. The Morgan fingerprint density at radius 2 is 1.93 bits per heavy atom. The predicted molar refractivity (Wildman–Crippen MR) is 59.6 cm³/mol. The van der Waals surface area contributed by atoms with Crippen molar-refractivity contribution in [1.29, 1.82) is 0 Å². The maximum Gasteiger partial charge on any atom is 0.333 e. The number of hydrogen-bond acceptors (Lipinski definition) is 3. The molecule has 0 saturated carbocycles. The van der Waals surface area contributed by atoms with Crippen LogP contribution in [0.15, 0.2) is 23.1 Å². The molecule has 2 aromatic rings. The summed E-state index contributed by atoms with van der Waals surface area (Å²) in [6.07, 6.45) is 0. The maximum atomic E-state index is 13.1. The minimum absolute atomic E-state index is 0.175. The zero-order valence-electron chi connectivity index (χ0n) is 8.24. The van der Waals surface area contributed by atoms with Crippen LogP contribution in [0.3, 0.4) is 0 Å². The first-order valence-electron chi connectivity index (χ1n) is 4.34. The lowest BCUT2D eigenvalue weighted by Crippen LogP contribution is -1.92. The molecule has 5 heteroatoms. The first-order chi connectivity index (χ1) is 6.91. The molecule has 0 radical (unpaired) electrons. The summed E-state index contributed by atoms with van der Waals surface area (Å²) in [7, 11) is -4.62. The van der Waals surface area contributed by atoms with E-state index in [0.717, 1.165) is 10.3 Å². The van der Waals surface area contributed by atoms with Crippen molar-refractivity contribution in [2.75, 3.05) is 0 Å². The van der Waals surface area contributed by atoms with Crippen LogP contribution in [0.4, 0.5) is 3.89 Å². The normalized spacial score (nSPS) is 12.2. The molecule has 0 aliphatic rings. The highest BCUT2D eigenvalue weighted by Crippen LogP contribution is 2.36. The fourth-order valence-corrected chi connectivity index (χ4v) is 3.94. The molecule has 0 unspecified atom stereocenters. The molecule has 0 amide bonds. The Labute approximate surface area is 91.6 Å². The van der Waals surface area contributed by atoms with Crippen molar-refractivity contribution >= 4 is 31.6 Å². The lowest BCUT2D eigenvalue weighted by atomic mass is 10.2. The van der Waals surface area contributed by atoms with Crippen LogP contribution in [0, 0.1) is 13.8 Å². The Bertz CT molecular complexity index is 626. The van der Waals surface area contributed by atoms with Gasteiger partial charge in [0.1, 0.15) is 4.90 Å². The zero-order valence-corrected chi connectivity index (χ0v) is 9.88. The van der Waals surface area contributed by atoms with Crippen molar-refractivity contribution in [2.24, 2.45) is 0 Å². The van der Waals surface area contributed by atoms with E-state index < -0.39 is 10.2 Å². The number of hydrogen-bond donors (Lipinski definition) is 0. The van der Waals surface area contributed by atoms with Crippen molar-refractivity contribution in [3.05, 3.63) is 28.6 Å². The number of thiophene rings is 1. The number of fused-ring (bicyclic) bond motifs is 1. The molecule has 15 heavy (non-hydrogen) atoms. The summed E-state index contributed by atoms with van der Waals surface area (Å²) in [6.45, 7) is 3.50. The smallest absolute Gasteiger partial charge is 0.189 e. The summed E-state index contributed by atoms with van der Waals surface area (Å²) < 4.78 is 35.9. The van der Waals surface area contributed by atoms with Gasteiger partial charge in [0.15, 0.2) is 0 Å². The van der Waals surface area contributed by atoms with E-state index in [1.807, 2.05) is 13.0 Å². The Morgan fingerprint density at radius 1 is 1.27 bits per heavy atom. The van der Waals surface area contributed by atoms with Gasteiger partial charge in [0, 0.05) is 15.0 Å². The molecule has 0 aliphatic carbocycles. The highest BCUT2D eigenvalue weighted by atomic mass is 32.3. The van der Waals surface area contributed by atoms with Crippen LogP contribution in [-0.4, -0.2) is 8.42 Å². The number of benzene rings is 1. The minimum atomic E-state index is -4.62. The molecule has 2 nitrogen and oxygen atoms in total. The molecule has 80 valence electrons. The van der Waals surface area contributed by atoms with Crippen molar-refractivity contribution in [3.63, 3.8) is 0 Å². The van der Waals surface area contributed by atoms with E-state index >= 15 is 0 Å². The molecule has 0 aliphatic heterocycles. The van der Waals surface area contributed by atoms with Crippen molar-refractivity contribution in [1.82, 2.24) is 0 Å². The first kappa shape index (κ1) is 10.6. The van der Waals surface area contributed by atoms with E-state index in [1.54, 1.807) is 19.1 Å². The highest BCUT2D eigenvalue weighted by Gasteiger charge is 2.22. The third kappa shape index (κ3) is 1.66. The van der Waals surface area contributed by atoms with Crippen LogP contribution in [0.25, 0.3) is 10.1 Å². The number of rotatable bonds is 1. The lowest BCUT2D eigenvalue weighted by Gasteiger charge is -1.96. The fourth-order valence-electron chi connectivity index (χ4n) is 1.66. The molecule has 0 bridgehead atoms. The molecule has 1 heterocycles. The third-order valence-electron chi connectivity index (χ3n) is 2.28. The summed E-state index contributed by atoms with van der Waals surface area (Å²) in [4.78, 5) is 0.327. The molecule has 0 atom stereocenters.